The van der Waals surface area contributed by atoms with Crippen molar-refractivity contribution in [2.24, 2.45) is 11.7 Å². The van der Waals surface area contributed by atoms with Crippen LogP contribution < -0.4 is 5.73 Å². The second-order valence-corrected chi connectivity index (χ2v) is 4.58. The van der Waals surface area contributed by atoms with E-state index in [1.165, 1.54) is 0 Å². The predicted octanol–water partition coefficient (Wildman–Crippen LogP) is 2.57. The summed E-state index contributed by atoms with van der Waals surface area (Å²) in [4.78, 5) is 10.2. The summed E-state index contributed by atoms with van der Waals surface area (Å²) >= 11 is 0. The molecule has 0 amide bonds. The molecule has 4 N–H and O–H groups in total. The van der Waals surface area contributed by atoms with Gasteiger partial charge >= 0.3 is 5.97 Å². The smallest absolute Gasteiger partial charge is 0.320 e. The van der Waals surface area contributed by atoms with E-state index in [0.29, 0.717) is 0 Å². The highest BCUT2D eigenvalue weighted by atomic mass is 16.4. The molecule has 1 aromatic carbocycles. The molecule has 0 radical (unpaired) electrons. The fourth-order valence-electron chi connectivity index (χ4n) is 1.41. The first kappa shape index (κ1) is 17.6. The monoisotopic (exact) mass is 267 g/mol. The molecule has 0 aromatic heterocycles. The number of rotatable bonds is 5. The van der Waals surface area contributed by atoms with Gasteiger partial charge in [-0.1, -0.05) is 57.5 Å². The lowest BCUT2D eigenvalue weighted by Crippen LogP contribution is -2.36. The van der Waals surface area contributed by atoms with E-state index < -0.39 is 12.0 Å². The van der Waals surface area contributed by atoms with Crippen molar-refractivity contribution in [2.45, 2.75) is 45.8 Å². The second kappa shape index (κ2) is 9.53. The van der Waals surface area contributed by atoms with E-state index in [0.717, 1.165) is 18.4 Å². The molecular formula is C15H25NO3. The third-order valence-electron chi connectivity index (χ3n) is 3.11. The van der Waals surface area contributed by atoms with Gasteiger partial charge in [0, 0.05) is 0 Å². The SMILES string of the molecule is CCC(C)C(N)C(=O)O.CCC(O)c1ccccc1. The molecule has 108 valence electrons. The lowest BCUT2D eigenvalue weighted by atomic mass is 10.0. The van der Waals surface area contributed by atoms with Crippen LogP contribution in [0.5, 0.6) is 0 Å². The fourth-order valence-corrected chi connectivity index (χ4v) is 1.41. The Balaban J connectivity index is 0.000000344. The van der Waals surface area contributed by atoms with Crippen molar-refractivity contribution in [1.29, 1.82) is 0 Å². The van der Waals surface area contributed by atoms with Crippen LogP contribution in [0.15, 0.2) is 30.3 Å². The molecule has 4 heteroatoms. The zero-order valence-corrected chi connectivity index (χ0v) is 11.9. The number of aliphatic hydroxyl groups excluding tert-OH is 1. The lowest BCUT2D eigenvalue weighted by molar-refractivity contribution is -0.139. The molecule has 19 heavy (non-hydrogen) atoms. The van der Waals surface area contributed by atoms with Crippen LogP contribution in [0.1, 0.15) is 45.3 Å². The first-order valence-electron chi connectivity index (χ1n) is 6.65. The van der Waals surface area contributed by atoms with Gasteiger partial charge in [-0.05, 0) is 17.9 Å². The molecule has 0 aliphatic heterocycles. The maximum atomic E-state index is 10.2. The zero-order chi connectivity index (χ0) is 14.8. The lowest BCUT2D eigenvalue weighted by Gasteiger charge is -2.11. The van der Waals surface area contributed by atoms with Gasteiger partial charge in [-0.15, -0.1) is 0 Å². The maximum Gasteiger partial charge on any atom is 0.320 e. The number of hydrogen-bond donors (Lipinski definition) is 3. The van der Waals surface area contributed by atoms with Gasteiger partial charge in [0.15, 0.2) is 0 Å². The molecule has 1 aromatic rings. The molecule has 0 fully saturated rings. The number of hydrogen-bond acceptors (Lipinski definition) is 3. The van der Waals surface area contributed by atoms with Crippen molar-refractivity contribution in [1.82, 2.24) is 0 Å². The molecule has 4 nitrogen and oxygen atoms in total. The quantitative estimate of drug-likeness (QED) is 0.765. The predicted molar refractivity (Wildman–Crippen MR) is 76.8 cm³/mol. The third-order valence-corrected chi connectivity index (χ3v) is 3.11. The van der Waals surface area contributed by atoms with E-state index in [1.807, 2.05) is 51.1 Å². The molecule has 0 saturated heterocycles. The largest absolute Gasteiger partial charge is 0.480 e. The Hall–Kier alpha value is -1.39. The number of carbonyl (C=O) groups is 1. The molecule has 0 spiro atoms. The van der Waals surface area contributed by atoms with E-state index >= 15 is 0 Å². The summed E-state index contributed by atoms with van der Waals surface area (Å²) in [5.41, 5.74) is 6.28. The van der Waals surface area contributed by atoms with Gasteiger partial charge in [-0.2, -0.15) is 0 Å². The highest BCUT2D eigenvalue weighted by Gasteiger charge is 2.17. The Kier molecular flexibility index (Phi) is 8.83. The Labute approximate surface area is 115 Å². The normalized spacial score (nSPS) is 14.8. The number of aliphatic carboxylic acids is 1. The summed E-state index contributed by atoms with van der Waals surface area (Å²) in [6.45, 7) is 5.73. The minimum absolute atomic E-state index is 0.0718. The molecule has 0 heterocycles. The van der Waals surface area contributed by atoms with E-state index in [9.17, 15) is 9.90 Å². The molecule has 0 saturated carbocycles. The van der Waals surface area contributed by atoms with Crippen molar-refractivity contribution in [3.63, 3.8) is 0 Å². The van der Waals surface area contributed by atoms with Crippen molar-refractivity contribution in [3.05, 3.63) is 35.9 Å². The van der Waals surface area contributed by atoms with Crippen molar-refractivity contribution >= 4 is 5.97 Å². The fraction of sp³-hybridized carbons (Fsp3) is 0.533. The molecule has 0 aliphatic rings. The first-order chi connectivity index (χ1) is 8.93. The van der Waals surface area contributed by atoms with Gasteiger partial charge in [0.2, 0.25) is 0 Å². The number of aliphatic hydroxyl groups is 1. The van der Waals surface area contributed by atoms with Crippen LogP contribution in [0.25, 0.3) is 0 Å². The van der Waals surface area contributed by atoms with Crippen LogP contribution in [0, 0.1) is 5.92 Å². The van der Waals surface area contributed by atoms with Gasteiger partial charge in [-0.25, -0.2) is 0 Å². The van der Waals surface area contributed by atoms with Gasteiger partial charge in [-0.3, -0.25) is 4.79 Å². The van der Waals surface area contributed by atoms with Gasteiger partial charge in [0.25, 0.3) is 0 Å². The second-order valence-electron chi connectivity index (χ2n) is 4.58. The average molecular weight is 267 g/mol. The van der Waals surface area contributed by atoms with Crippen molar-refractivity contribution in [2.75, 3.05) is 0 Å². The summed E-state index contributed by atoms with van der Waals surface area (Å²) < 4.78 is 0. The summed E-state index contributed by atoms with van der Waals surface area (Å²) in [6.07, 6.45) is 1.30. The van der Waals surface area contributed by atoms with Crippen LogP contribution in [0.4, 0.5) is 0 Å². The number of carboxylic acid groups (broad SMARTS) is 1. The minimum atomic E-state index is -0.913. The van der Waals surface area contributed by atoms with Crippen LogP contribution in [-0.2, 0) is 4.79 Å². The number of nitrogens with two attached hydrogens (primary N) is 1. The van der Waals surface area contributed by atoms with E-state index in [2.05, 4.69) is 0 Å². The molecule has 3 atom stereocenters. The summed E-state index contributed by atoms with van der Waals surface area (Å²) in [6, 6.07) is 9.01. The average Bonchev–Trinajstić information content (AvgIpc) is 2.46. The van der Waals surface area contributed by atoms with E-state index in [-0.39, 0.29) is 12.0 Å². The van der Waals surface area contributed by atoms with Gasteiger partial charge in [0.1, 0.15) is 6.04 Å². The van der Waals surface area contributed by atoms with Crippen LogP contribution in [-0.4, -0.2) is 22.2 Å². The van der Waals surface area contributed by atoms with E-state index in [4.69, 9.17) is 10.8 Å². The minimum Gasteiger partial charge on any atom is -0.480 e. The zero-order valence-electron chi connectivity index (χ0n) is 11.9. The molecule has 3 unspecified atom stereocenters. The third kappa shape index (κ3) is 6.94. The maximum absolute atomic E-state index is 10.2. The highest BCUT2D eigenvalue weighted by molar-refractivity contribution is 5.73. The van der Waals surface area contributed by atoms with Crippen LogP contribution >= 0.6 is 0 Å². The number of benzene rings is 1. The van der Waals surface area contributed by atoms with E-state index in [1.54, 1.807) is 0 Å². The molecule has 0 aliphatic carbocycles. The summed E-state index contributed by atoms with van der Waals surface area (Å²) in [5.74, 6) is -0.841. The van der Waals surface area contributed by atoms with Crippen LogP contribution in [0.3, 0.4) is 0 Å². The Morgan fingerprint density at radius 1 is 1.21 bits per heavy atom. The van der Waals surface area contributed by atoms with Crippen LogP contribution in [0.2, 0.25) is 0 Å². The molecule has 0 bridgehead atoms. The highest BCUT2D eigenvalue weighted by Crippen LogP contribution is 2.14. The Bertz CT molecular complexity index is 354. The first-order valence-corrected chi connectivity index (χ1v) is 6.65. The molecular weight excluding hydrogens is 242 g/mol. The summed E-state index contributed by atoms with van der Waals surface area (Å²) in [7, 11) is 0. The van der Waals surface area contributed by atoms with Crippen molar-refractivity contribution in [3.8, 4) is 0 Å². The molecule has 1 rings (SSSR count). The summed E-state index contributed by atoms with van der Waals surface area (Å²) in [5, 5.41) is 17.7. The Morgan fingerprint density at radius 3 is 2.05 bits per heavy atom. The number of carboxylic acids is 1. The van der Waals surface area contributed by atoms with Crippen molar-refractivity contribution < 1.29 is 15.0 Å². The standard InChI is InChI=1S/C9H12O.C6H13NO2/c1-2-9(10)8-6-4-3-5-7-8;1-3-4(2)5(7)6(8)9/h3-7,9-10H,2H2,1H3;4-5H,3,7H2,1-2H3,(H,8,9). The topological polar surface area (TPSA) is 83.6 Å². The Morgan fingerprint density at radius 2 is 1.74 bits per heavy atom. The van der Waals surface area contributed by atoms with Gasteiger partial charge < -0.3 is 15.9 Å². The van der Waals surface area contributed by atoms with Gasteiger partial charge in [0.05, 0.1) is 6.10 Å².